The fourth-order valence-corrected chi connectivity index (χ4v) is 6.73. The number of carbonyl (C=O) groups is 1. The maximum Gasteiger partial charge on any atom is 0.269 e. The van der Waals surface area contributed by atoms with E-state index in [4.69, 9.17) is 4.74 Å². The van der Waals surface area contributed by atoms with Gasteiger partial charge in [-0.05, 0) is 65.2 Å². The van der Waals surface area contributed by atoms with Gasteiger partial charge >= 0.3 is 0 Å². The second-order valence-corrected chi connectivity index (χ2v) is 12.5. The van der Waals surface area contributed by atoms with E-state index in [2.05, 4.69) is 20.9 Å². The lowest BCUT2D eigenvalue weighted by atomic mass is 9.79. The lowest BCUT2D eigenvalue weighted by Crippen LogP contribution is -2.58. The van der Waals surface area contributed by atoms with Gasteiger partial charge in [-0.2, -0.15) is 0 Å². The van der Waals surface area contributed by atoms with Crippen LogP contribution in [0.3, 0.4) is 0 Å². The molecule has 1 spiro atoms. The number of amides is 1. The van der Waals surface area contributed by atoms with E-state index in [1.54, 1.807) is 48.8 Å². The van der Waals surface area contributed by atoms with Crippen LogP contribution >= 0.6 is 15.9 Å². The lowest BCUT2D eigenvalue weighted by molar-refractivity contribution is 0.000363. The molecule has 0 bridgehead atoms. The number of benzene rings is 2. The monoisotopic (exact) mass is 565 g/mol. The Morgan fingerprint density at radius 2 is 1.81 bits per heavy atom. The van der Waals surface area contributed by atoms with Crippen LogP contribution in [0.4, 0.5) is 0 Å². The third-order valence-corrected chi connectivity index (χ3v) is 9.22. The molecule has 0 N–H and O–H groups in total. The van der Waals surface area contributed by atoms with Crippen molar-refractivity contribution in [3.8, 4) is 11.1 Å². The molecule has 0 saturated carbocycles. The van der Waals surface area contributed by atoms with Crippen LogP contribution in [0.15, 0.2) is 76.4 Å². The number of fused-ring (bicyclic) bond motifs is 1. The number of hydrogen-bond donors (Lipinski definition) is 0. The van der Waals surface area contributed by atoms with Crippen molar-refractivity contribution in [3.63, 3.8) is 0 Å². The number of hydrogen-bond acceptors (Lipinski definition) is 5. The van der Waals surface area contributed by atoms with Crippen molar-refractivity contribution in [2.75, 3.05) is 26.3 Å². The first-order valence-electron chi connectivity index (χ1n) is 11.7. The molecule has 4 aromatic rings. The van der Waals surface area contributed by atoms with Crippen molar-refractivity contribution in [2.45, 2.75) is 18.2 Å². The normalized spacial score (nSPS) is 17.0. The second kappa shape index (κ2) is 8.54. The molecule has 2 aliphatic rings. The summed E-state index contributed by atoms with van der Waals surface area (Å²) >= 11 is 3.46. The second-order valence-electron chi connectivity index (χ2n) is 9.72. The van der Waals surface area contributed by atoms with Gasteiger partial charge in [0.05, 0.1) is 11.5 Å². The third-order valence-electron chi connectivity index (χ3n) is 7.12. The summed E-state index contributed by atoms with van der Waals surface area (Å²) in [4.78, 5) is 19.5. The van der Waals surface area contributed by atoms with Crippen molar-refractivity contribution < 1.29 is 17.9 Å². The fraction of sp³-hybridized carbons (Fsp3) is 0.259. The van der Waals surface area contributed by atoms with E-state index < -0.39 is 10.0 Å². The van der Waals surface area contributed by atoms with Crippen molar-refractivity contribution in [2.24, 2.45) is 5.41 Å². The minimum Gasteiger partial charge on any atom is -0.381 e. The number of aryl methyl sites for hydroxylation is 1. The lowest BCUT2D eigenvalue weighted by Gasteiger charge is -2.47. The predicted octanol–water partition coefficient (Wildman–Crippen LogP) is 4.87. The fourth-order valence-electron chi connectivity index (χ4n) is 5.07. The Morgan fingerprint density at radius 1 is 1.08 bits per heavy atom. The van der Waals surface area contributed by atoms with Crippen LogP contribution in [0, 0.1) is 12.3 Å². The van der Waals surface area contributed by atoms with Gasteiger partial charge in [-0.25, -0.2) is 17.4 Å². The number of rotatable bonds is 4. The molecule has 9 heteroatoms. The van der Waals surface area contributed by atoms with E-state index in [0.717, 1.165) is 53.9 Å². The van der Waals surface area contributed by atoms with Crippen LogP contribution in [0.25, 0.3) is 22.2 Å². The number of ether oxygens (including phenoxy) is 1. The highest BCUT2D eigenvalue weighted by Gasteiger charge is 2.47. The summed E-state index contributed by atoms with van der Waals surface area (Å²) in [6.07, 6.45) is 4.20. The highest BCUT2D eigenvalue weighted by molar-refractivity contribution is 9.10. The SMILES string of the molecule is Cc1ccc(S(=O)(=O)n2cc(-c3ccc(C(=O)N4CC5(CCOC5)C4)cc3)c3cc(Br)cnc32)cc1. The molecule has 2 aromatic heterocycles. The zero-order valence-electron chi connectivity index (χ0n) is 19.6. The minimum absolute atomic E-state index is 0.00728. The number of nitrogens with zero attached hydrogens (tertiary/aromatic N) is 3. The molecule has 2 fully saturated rings. The highest BCUT2D eigenvalue weighted by atomic mass is 79.9. The molecular weight excluding hydrogens is 542 g/mol. The molecule has 0 unspecified atom stereocenters. The van der Waals surface area contributed by atoms with Crippen molar-refractivity contribution in [1.82, 2.24) is 13.9 Å². The Hall–Kier alpha value is -3.01. The largest absolute Gasteiger partial charge is 0.381 e. The molecule has 36 heavy (non-hydrogen) atoms. The van der Waals surface area contributed by atoms with Gasteiger partial charge in [-0.15, -0.1) is 0 Å². The van der Waals surface area contributed by atoms with Crippen molar-refractivity contribution >= 4 is 42.9 Å². The Balaban J connectivity index is 1.35. The van der Waals surface area contributed by atoms with Crippen molar-refractivity contribution in [3.05, 3.63) is 82.6 Å². The molecule has 2 aliphatic heterocycles. The molecule has 0 radical (unpaired) electrons. The van der Waals surface area contributed by atoms with E-state index >= 15 is 0 Å². The molecule has 1 amide bonds. The summed E-state index contributed by atoms with van der Waals surface area (Å²) in [5.74, 6) is 0.00728. The average molecular weight is 566 g/mol. The molecule has 0 aliphatic carbocycles. The van der Waals surface area contributed by atoms with Crippen LogP contribution in [0.5, 0.6) is 0 Å². The average Bonchev–Trinajstić information content (AvgIpc) is 3.49. The van der Waals surface area contributed by atoms with Gasteiger partial charge in [0, 0.05) is 58.5 Å². The minimum atomic E-state index is -3.85. The van der Waals surface area contributed by atoms with Crippen LogP contribution in [-0.4, -0.2) is 54.5 Å². The van der Waals surface area contributed by atoms with Gasteiger partial charge in [0.15, 0.2) is 5.65 Å². The first kappa shape index (κ1) is 23.4. The van der Waals surface area contributed by atoms with Crippen LogP contribution in [0.2, 0.25) is 0 Å². The quantitative estimate of drug-likeness (QED) is 0.352. The smallest absolute Gasteiger partial charge is 0.269 e. The molecule has 6 rings (SSSR count). The molecule has 7 nitrogen and oxygen atoms in total. The summed E-state index contributed by atoms with van der Waals surface area (Å²) in [7, 11) is -3.85. The molecule has 184 valence electrons. The van der Waals surface area contributed by atoms with E-state index in [9.17, 15) is 13.2 Å². The summed E-state index contributed by atoms with van der Waals surface area (Å²) < 4.78 is 34.5. The van der Waals surface area contributed by atoms with Crippen LogP contribution < -0.4 is 0 Å². The van der Waals surface area contributed by atoms with E-state index in [1.165, 1.54) is 3.97 Å². The van der Waals surface area contributed by atoms with Gasteiger partial charge < -0.3 is 9.64 Å². The van der Waals surface area contributed by atoms with Gasteiger partial charge in [0.1, 0.15) is 0 Å². The summed E-state index contributed by atoms with van der Waals surface area (Å²) in [5, 5.41) is 0.699. The third kappa shape index (κ3) is 3.86. The van der Waals surface area contributed by atoms with E-state index in [0.29, 0.717) is 16.6 Å². The zero-order chi connectivity index (χ0) is 25.1. The van der Waals surface area contributed by atoms with Gasteiger partial charge in [0.25, 0.3) is 15.9 Å². The van der Waals surface area contributed by atoms with E-state index in [-0.39, 0.29) is 16.2 Å². The Morgan fingerprint density at radius 3 is 2.47 bits per heavy atom. The van der Waals surface area contributed by atoms with Crippen molar-refractivity contribution in [1.29, 1.82) is 0 Å². The molecule has 4 heterocycles. The Kier molecular flexibility index (Phi) is 5.55. The molecule has 0 atom stereocenters. The number of likely N-dealkylation sites (tertiary alicyclic amines) is 1. The number of aromatic nitrogens is 2. The molecule has 2 aromatic carbocycles. The zero-order valence-corrected chi connectivity index (χ0v) is 22.0. The first-order valence-corrected chi connectivity index (χ1v) is 14.0. The number of halogens is 1. The van der Waals surface area contributed by atoms with Gasteiger partial charge in [0.2, 0.25) is 0 Å². The van der Waals surface area contributed by atoms with Crippen LogP contribution in [0.1, 0.15) is 22.3 Å². The van der Waals surface area contributed by atoms with Gasteiger partial charge in [-0.1, -0.05) is 29.8 Å². The predicted molar refractivity (Wildman–Crippen MR) is 140 cm³/mol. The summed E-state index contributed by atoms with van der Waals surface area (Å²) in [6, 6.07) is 16.0. The topological polar surface area (TPSA) is 81.5 Å². The molecular formula is C27H24BrN3O4S. The first-order chi connectivity index (χ1) is 17.3. The highest BCUT2D eigenvalue weighted by Crippen LogP contribution is 2.39. The maximum atomic E-state index is 13.5. The summed E-state index contributed by atoms with van der Waals surface area (Å²) in [6.45, 7) is 4.88. The standard InChI is InChI=1S/C27H24BrN3O4S/c1-18-2-8-22(9-3-18)36(33,34)31-14-24(23-12-21(28)13-29-25(23)31)19-4-6-20(7-5-19)26(32)30-15-27(16-30)10-11-35-17-27/h2-9,12-14H,10-11,15-17H2,1H3. The van der Waals surface area contributed by atoms with E-state index in [1.807, 2.05) is 30.0 Å². The maximum absolute atomic E-state index is 13.5. The van der Waals surface area contributed by atoms with Crippen LogP contribution in [-0.2, 0) is 14.8 Å². The number of pyridine rings is 1. The molecule has 2 saturated heterocycles. The Bertz CT molecular complexity index is 1580. The summed E-state index contributed by atoms with van der Waals surface area (Å²) in [5.41, 5.74) is 3.61. The number of carbonyl (C=O) groups excluding carboxylic acids is 1. The Labute approximate surface area is 217 Å². The van der Waals surface area contributed by atoms with Gasteiger partial charge in [-0.3, -0.25) is 4.79 Å².